The zero-order chi connectivity index (χ0) is 10.7. The average Bonchev–Trinajstić information content (AvgIpc) is 2.65. The Balaban J connectivity index is 1.90. The van der Waals surface area contributed by atoms with Gasteiger partial charge in [-0.25, -0.2) is 9.37 Å². The molecule has 0 amide bonds. The predicted octanol–water partition coefficient (Wildman–Crippen LogP) is 0.784. The quantitative estimate of drug-likeness (QED) is 0.777. The van der Waals surface area contributed by atoms with Gasteiger partial charge in [-0.1, -0.05) is 0 Å². The largest absolute Gasteiger partial charge is 0.386 e. The highest BCUT2D eigenvalue weighted by Gasteiger charge is 2.31. The highest BCUT2D eigenvalue weighted by Crippen LogP contribution is 2.18. The van der Waals surface area contributed by atoms with Gasteiger partial charge in [0, 0.05) is 19.6 Å². The molecule has 1 unspecified atom stereocenters. The number of nitrogens with zero attached hydrogens (tertiary/aromatic N) is 1. The molecule has 1 aromatic heterocycles. The summed E-state index contributed by atoms with van der Waals surface area (Å²) in [6, 6.07) is 2.86. The molecule has 82 valence electrons. The van der Waals surface area contributed by atoms with Crippen LogP contribution in [0, 0.1) is 5.82 Å². The van der Waals surface area contributed by atoms with E-state index < -0.39 is 5.60 Å². The molecule has 2 heterocycles. The highest BCUT2D eigenvalue weighted by atomic mass is 19.1. The maximum atomic E-state index is 12.5. The molecule has 0 saturated carbocycles. The van der Waals surface area contributed by atoms with Crippen LogP contribution in [0.5, 0.6) is 0 Å². The number of halogens is 1. The number of pyridine rings is 1. The summed E-state index contributed by atoms with van der Waals surface area (Å²) in [5.74, 6) is 0.181. The highest BCUT2D eigenvalue weighted by molar-refractivity contribution is 5.34. The van der Waals surface area contributed by atoms with E-state index in [0.717, 1.165) is 6.20 Å². The van der Waals surface area contributed by atoms with Crippen LogP contribution in [0.4, 0.5) is 10.2 Å². The third-order valence-corrected chi connectivity index (χ3v) is 2.41. The predicted molar refractivity (Wildman–Crippen MR) is 53.1 cm³/mol. The van der Waals surface area contributed by atoms with Crippen LogP contribution in [-0.4, -0.2) is 35.5 Å². The fourth-order valence-corrected chi connectivity index (χ4v) is 1.47. The summed E-state index contributed by atoms with van der Waals surface area (Å²) in [7, 11) is 0. The molecule has 1 atom stereocenters. The molecule has 1 aliphatic rings. The van der Waals surface area contributed by atoms with Gasteiger partial charge < -0.3 is 15.2 Å². The summed E-state index contributed by atoms with van der Waals surface area (Å²) in [5, 5.41) is 12.9. The summed E-state index contributed by atoms with van der Waals surface area (Å²) in [6.45, 7) is 1.28. The van der Waals surface area contributed by atoms with Gasteiger partial charge in [-0.05, 0) is 12.1 Å². The minimum atomic E-state index is -0.823. The Morgan fingerprint density at radius 3 is 3.07 bits per heavy atom. The molecule has 15 heavy (non-hydrogen) atoms. The number of ether oxygens (including phenoxy) is 1. The monoisotopic (exact) mass is 212 g/mol. The van der Waals surface area contributed by atoms with E-state index in [1.807, 2.05) is 0 Å². The Hall–Kier alpha value is -1.20. The summed E-state index contributed by atoms with van der Waals surface area (Å²) in [5.41, 5.74) is -0.823. The molecular formula is C10H13FN2O2. The van der Waals surface area contributed by atoms with Gasteiger partial charge in [0.2, 0.25) is 0 Å². The van der Waals surface area contributed by atoms with Crippen LogP contribution in [0.1, 0.15) is 6.42 Å². The van der Waals surface area contributed by atoms with Gasteiger partial charge in [0.25, 0.3) is 0 Å². The van der Waals surface area contributed by atoms with Gasteiger partial charge >= 0.3 is 0 Å². The number of aliphatic hydroxyl groups is 1. The number of hydrogen-bond acceptors (Lipinski definition) is 4. The normalized spacial score (nSPS) is 25.5. The van der Waals surface area contributed by atoms with Crippen LogP contribution in [0.25, 0.3) is 0 Å². The SMILES string of the molecule is OC1(CNc2ccc(F)cn2)CCOC1. The first-order valence-electron chi connectivity index (χ1n) is 4.84. The van der Waals surface area contributed by atoms with Gasteiger partial charge in [-0.2, -0.15) is 0 Å². The molecule has 0 bridgehead atoms. The van der Waals surface area contributed by atoms with Crippen molar-refractivity contribution in [2.75, 3.05) is 25.1 Å². The van der Waals surface area contributed by atoms with Crippen molar-refractivity contribution in [3.05, 3.63) is 24.1 Å². The van der Waals surface area contributed by atoms with Crippen LogP contribution in [0.2, 0.25) is 0 Å². The smallest absolute Gasteiger partial charge is 0.141 e. The third kappa shape index (κ3) is 2.64. The van der Waals surface area contributed by atoms with Crippen LogP contribution < -0.4 is 5.32 Å². The van der Waals surface area contributed by atoms with Crippen LogP contribution >= 0.6 is 0 Å². The topological polar surface area (TPSA) is 54.4 Å². The summed E-state index contributed by atoms with van der Waals surface area (Å²) < 4.78 is 17.6. The molecule has 1 aromatic rings. The van der Waals surface area contributed by atoms with Gasteiger partial charge in [0.1, 0.15) is 17.2 Å². The van der Waals surface area contributed by atoms with Crippen molar-refractivity contribution >= 4 is 5.82 Å². The first-order chi connectivity index (χ1) is 7.18. The molecule has 0 aliphatic carbocycles. The van der Waals surface area contributed by atoms with Crippen molar-refractivity contribution in [3.8, 4) is 0 Å². The van der Waals surface area contributed by atoms with Gasteiger partial charge in [0.05, 0.1) is 12.8 Å². The zero-order valence-electron chi connectivity index (χ0n) is 8.24. The van der Waals surface area contributed by atoms with Crippen molar-refractivity contribution in [1.29, 1.82) is 0 Å². The number of hydrogen-bond donors (Lipinski definition) is 2. The minimum absolute atomic E-state index is 0.335. The van der Waals surface area contributed by atoms with E-state index in [1.54, 1.807) is 0 Å². The Bertz CT molecular complexity index is 323. The molecule has 0 radical (unpaired) electrons. The van der Waals surface area contributed by atoms with E-state index in [1.165, 1.54) is 12.1 Å². The maximum Gasteiger partial charge on any atom is 0.141 e. The van der Waals surface area contributed by atoms with Crippen molar-refractivity contribution in [2.45, 2.75) is 12.0 Å². The molecular weight excluding hydrogens is 199 g/mol. The van der Waals surface area contributed by atoms with Crippen molar-refractivity contribution in [1.82, 2.24) is 4.98 Å². The van der Waals surface area contributed by atoms with Crippen molar-refractivity contribution < 1.29 is 14.2 Å². The number of anilines is 1. The lowest BCUT2D eigenvalue weighted by Crippen LogP contribution is -2.37. The second kappa shape index (κ2) is 4.12. The Morgan fingerprint density at radius 1 is 1.60 bits per heavy atom. The molecule has 2 N–H and O–H groups in total. The Morgan fingerprint density at radius 2 is 2.47 bits per heavy atom. The third-order valence-electron chi connectivity index (χ3n) is 2.41. The zero-order valence-corrected chi connectivity index (χ0v) is 8.24. The second-order valence-corrected chi connectivity index (χ2v) is 3.74. The van der Waals surface area contributed by atoms with Crippen LogP contribution in [0.15, 0.2) is 18.3 Å². The van der Waals surface area contributed by atoms with Crippen molar-refractivity contribution in [3.63, 3.8) is 0 Å². The number of aromatic nitrogens is 1. The van der Waals surface area contributed by atoms with Crippen molar-refractivity contribution in [2.24, 2.45) is 0 Å². The van der Waals surface area contributed by atoms with Gasteiger partial charge in [-0.3, -0.25) is 0 Å². The Kier molecular flexibility index (Phi) is 2.83. The second-order valence-electron chi connectivity index (χ2n) is 3.74. The van der Waals surface area contributed by atoms with Crippen LogP contribution in [-0.2, 0) is 4.74 Å². The standard InChI is InChI=1S/C10H13FN2O2/c11-8-1-2-9(12-5-8)13-6-10(14)3-4-15-7-10/h1-2,5,14H,3-4,6-7H2,(H,12,13). The molecule has 0 aromatic carbocycles. The molecule has 1 fully saturated rings. The molecule has 0 spiro atoms. The van der Waals surface area contributed by atoms with Crippen LogP contribution in [0.3, 0.4) is 0 Å². The molecule has 1 aliphatic heterocycles. The average molecular weight is 212 g/mol. The van der Waals surface area contributed by atoms with E-state index >= 15 is 0 Å². The molecule has 2 rings (SSSR count). The molecule has 1 saturated heterocycles. The van der Waals surface area contributed by atoms with E-state index in [2.05, 4.69) is 10.3 Å². The Labute approximate surface area is 87.1 Å². The van der Waals surface area contributed by atoms with Gasteiger partial charge in [0.15, 0.2) is 0 Å². The van der Waals surface area contributed by atoms with E-state index in [0.29, 0.717) is 32.0 Å². The van der Waals surface area contributed by atoms with E-state index in [-0.39, 0.29) is 5.82 Å². The lowest BCUT2D eigenvalue weighted by Gasteiger charge is -2.20. The number of nitrogens with one attached hydrogen (secondary N) is 1. The lowest BCUT2D eigenvalue weighted by molar-refractivity contribution is 0.0381. The van der Waals surface area contributed by atoms with E-state index in [9.17, 15) is 9.50 Å². The number of rotatable bonds is 3. The molecule has 5 heteroatoms. The fraction of sp³-hybridized carbons (Fsp3) is 0.500. The van der Waals surface area contributed by atoms with Gasteiger partial charge in [-0.15, -0.1) is 0 Å². The first kappa shape index (κ1) is 10.3. The minimum Gasteiger partial charge on any atom is -0.386 e. The summed E-state index contributed by atoms with van der Waals surface area (Å²) in [4.78, 5) is 3.83. The summed E-state index contributed by atoms with van der Waals surface area (Å²) >= 11 is 0. The lowest BCUT2D eigenvalue weighted by atomic mass is 10.0. The molecule has 4 nitrogen and oxygen atoms in total. The maximum absolute atomic E-state index is 12.5. The fourth-order valence-electron chi connectivity index (χ4n) is 1.47. The summed E-state index contributed by atoms with van der Waals surface area (Å²) in [6.07, 6.45) is 1.75. The first-order valence-corrected chi connectivity index (χ1v) is 4.84. The van der Waals surface area contributed by atoms with E-state index in [4.69, 9.17) is 4.74 Å².